The van der Waals surface area contributed by atoms with Gasteiger partial charge in [-0.2, -0.15) is 5.26 Å². The van der Waals surface area contributed by atoms with Crippen molar-refractivity contribution in [2.75, 3.05) is 31.8 Å². The second kappa shape index (κ2) is 9.61. The van der Waals surface area contributed by atoms with Gasteiger partial charge in [0, 0.05) is 24.4 Å². The van der Waals surface area contributed by atoms with E-state index in [9.17, 15) is 14.9 Å². The molecular weight excluding hydrogens is 384 g/mol. The Morgan fingerprint density at radius 3 is 2.63 bits per heavy atom. The molecule has 154 valence electrons. The molecule has 30 heavy (non-hydrogen) atoms. The van der Waals surface area contributed by atoms with Gasteiger partial charge >= 0.3 is 11.9 Å². The van der Waals surface area contributed by atoms with Gasteiger partial charge < -0.3 is 19.1 Å². The van der Waals surface area contributed by atoms with Crippen molar-refractivity contribution < 1.29 is 23.8 Å². The van der Waals surface area contributed by atoms with Crippen LogP contribution < -0.4 is 9.64 Å². The van der Waals surface area contributed by atoms with Crippen molar-refractivity contribution in [1.82, 2.24) is 0 Å². The summed E-state index contributed by atoms with van der Waals surface area (Å²) in [6.45, 7) is 2.48. The fourth-order valence-electron chi connectivity index (χ4n) is 3.20. The molecule has 1 atom stereocenters. The second-order valence-electron chi connectivity index (χ2n) is 6.61. The summed E-state index contributed by atoms with van der Waals surface area (Å²) in [6.07, 6.45) is 1.81. The van der Waals surface area contributed by atoms with Gasteiger partial charge in [-0.05, 0) is 48.9 Å². The molecule has 1 aliphatic heterocycles. The van der Waals surface area contributed by atoms with Gasteiger partial charge in [0.1, 0.15) is 5.75 Å². The molecule has 0 fully saturated rings. The van der Waals surface area contributed by atoms with Gasteiger partial charge in [-0.1, -0.05) is 12.1 Å². The number of anilines is 1. The lowest BCUT2D eigenvalue weighted by Gasteiger charge is -2.19. The van der Waals surface area contributed by atoms with Crippen LogP contribution in [0.5, 0.6) is 5.75 Å². The average Bonchev–Trinajstić information content (AvgIpc) is 3.22. The summed E-state index contributed by atoms with van der Waals surface area (Å²) < 4.78 is 15.1. The molecule has 0 saturated heterocycles. The average molecular weight is 406 g/mol. The maximum Gasteiger partial charge on any atom is 0.343 e. The molecule has 2 aromatic rings. The topological polar surface area (TPSA) is 88.9 Å². The van der Waals surface area contributed by atoms with Crippen molar-refractivity contribution in [2.24, 2.45) is 0 Å². The van der Waals surface area contributed by atoms with E-state index in [-0.39, 0.29) is 18.5 Å². The summed E-state index contributed by atoms with van der Waals surface area (Å²) in [5.74, 6) is -0.425. The van der Waals surface area contributed by atoms with E-state index >= 15 is 0 Å². The van der Waals surface area contributed by atoms with Crippen molar-refractivity contribution in [3.05, 3.63) is 71.4 Å². The van der Waals surface area contributed by atoms with Crippen LogP contribution in [-0.2, 0) is 14.3 Å². The van der Waals surface area contributed by atoms with Gasteiger partial charge in [0.15, 0.2) is 6.61 Å². The molecule has 0 radical (unpaired) electrons. The minimum atomic E-state index is -0.462. The van der Waals surface area contributed by atoms with Crippen LogP contribution in [0, 0.1) is 11.3 Å². The van der Waals surface area contributed by atoms with E-state index in [0.717, 1.165) is 11.3 Å². The quantitative estimate of drug-likeness (QED) is 0.651. The normalized spacial score (nSPS) is 15.2. The maximum absolute atomic E-state index is 11.8. The fraction of sp³-hybridized carbons (Fsp3) is 0.261. The summed E-state index contributed by atoms with van der Waals surface area (Å²) in [5.41, 5.74) is 2.89. The molecular formula is C23H22N2O5. The Kier molecular flexibility index (Phi) is 6.71. The number of esters is 2. The van der Waals surface area contributed by atoms with Gasteiger partial charge in [0.25, 0.3) is 0 Å². The van der Waals surface area contributed by atoms with Crippen LogP contribution in [-0.4, -0.2) is 38.8 Å². The third-order valence-corrected chi connectivity index (χ3v) is 4.73. The van der Waals surface area contributed by atoms with Crippen molar-refractivity contribution in [1.29, 1.82) is 5.26 Å². The number of rotatable bonds is 7. The van der Waals surface area contributed by atoms with Crippen molar-refractivity contribution in [3.8, 4) is 11.8 Å². The van der Waals surface area contributed by atoms with Crippen LogP contribution in [0.3, 0.4) is 0 Å². The van der Waals surface area contributed by atoms with Crippen molar-refractivity contribution in [3.63, 3.8) is 0 Å². The van der Waals surface area contributed by atoms with E-state index < -0.39 is 5.97 Å². The van der Waals surface area contributed by atoms with Gasteiger partial charge in [0.2, 0.25) is 0 Å². The standard InChI is InChI=1S/C23H22N2O5/c1-3-29-23(27)16-7-9-19(10-8-16)25-13-18(12-24)21(14-25)17-5-4-6-20(11-17)30-15-22(26)28-2/h4-11,13,21H,3,14-15H2,1-2H3. The van der Waals surface area contributed by atoms with Gasteiger partial charge in [-0.15, -0.1) is 0 Å². The number of nitriles is 1. The van der Waals surface area contributed by atoms with Crippen molar-refractivity contribution in [2.45, 2.75) is 12.8 Å². The molecule has 7 heteroatoms. The minimum absolute atomic E-state index is 0.138. The van der Waals surface area contributed by atoms with E-state index in [1.807, 2.05) is 41.4 Å². The third-order valence-electron chi connectivity index (χ3n) is 4.73. The number of carbonyl (C=O) groups is 2. The lowest BCUT2D eigenvalue weighted by Crippen LogP contribution is -2.17. The number of nitrogens with zero attached hydrogens (tertiary/aromatic N) is 2. The highest BCUT2D eigenvalue weighted by Crippen LogP contribution is 2.35. The number of carbonyl (C=O) groups excluding carboxylic acids is 2. The van der Waals surface area contributed by atoms with E-state index in [2.05, 4.69) is 10.8 Å². The summed E-state index contributed by atoms with van der Waals surface area (Å²) >= 11 is 0. The predicted octanol–water partition coefficient (Wildman–Crippen LogP) is 3.43. The zero-order valence-corrected chi connectivity index (χ0v) is 16.8. The zero-order valence-electron chi connectivity index (χ0n) is 16.8. The molecule has 0 aliphatic carbocycles. The van der Waals surface area contributed by atoms with E-state index in [1.54, 1.807) is 25.1 Å². The molecule has 1 aliphatic rings. The summed E-state index contributed by atoms with van der Waals surface area (Å²) in [6, 6.07) is 16.7. The number of hydrogen-bond acceptors (Lipinski definition) is 7. The molecule has 1 unspecified atom stereocenters. The number of benzene rings is 2. The molecule has 0 saturated carbocycles. The molecule has 1 heterocycles. The molecule has 0 N–H and O–H groups in total. The Labute approximate surface area is 175 Å². The first-order valence-electron chi connectivity index (χ1n) is 9.51. The Hall–Kier alpha value is -3.79. The summed E-state index contributed by atoms with van der Waals surface area (Å²) in [4.78, 5) is 25.1. The molecule has 2 aromatic carbocycles. The lowest BCUT2D eigenvalue weighted by atomic mass is 9.94. The van der Waals surface area contributed by atoms with Crippen LogP contribution in [0.1, 0.15) is 28.8 Å². The molecule has 0 amide bonds. The van der Waals surface area contributed by atoms with Gasteiger partial charge in [-0.3, -0.25) is 0 Å². The highest BCUT2D eigenvalue weighted by atomic mass is 16.6. The number of ether oxygens (including phenoxy) is 3. The van der Waals surface area contributed by atoms with E-state index in [0.29, 0.717) is 30.0 Å². The first-order valence-corrected chi connectivity index (χ1v) is 9.51. The largest absolute Gasteiger partial charge is 0.482 e. The van der Waals surface area contributed by atoms with Gasteiger partial charge in [-0.25, -0.2) is 9.59 Å². The third kappa shape index (κ3) is 4.78. The number of methoxy groups -OCH3 is 1. The second-order valence-corrected chi connectivity index (χ2v) is 6.61. The van der Waals surface area contributed by atoms with Crippen LogP contribution in [0.15, 0.2) is 60.3 Å². The molecule has 3 rings (SSSR count). The minimum Gasteiger partial charge on any atom is -0.482 e. The van der Waals surface area contributed by atoms with Crippen LogP contribution in [0.4, 0.5) is 5.69 Å². The van der Waals surface area contributed by atoms with Crippen molar-refractivity contribution >= 4 is 17.6 Å². The zero-order chi connectivity index (χ0) is 21.5. The molecule has 0 bridgehead atoms. The summed E-state index contributed by atoms with van der Waals surface area (Å²) in [7, 11) is 1.30. The van der Waals surface area contributed by atoms with Crippen LogP contribution >= 0.6 is 0 Å². The SMILES string of the molecule is CCOC(=O)c1ccc(N2C=C(C#N)C(c3cccc(OCC(=O)OC)c3)C2)cc1. The lowest BCUT2D eigenvalue weighted by molar-refractivity contribution is -0.142. The van der Waals surface area contributed by atoms with Crippen LogP contribution in [0.2, 0.25) is 0 Å². The first-order chi connectivity index (χ1) is 14.5. The Bertz CT molecular complexity index is 991. The van der Waals surface area contributed by atoms with Crippen LogP contribution in [0.25, 0.3) is 0 Å². The van der Waals surface area contributed by atoms with Gasteiger partial charge in [0.05, 0.1) is 30.9 Å². The van der Waals surface area contributed by atoms with E-state index in [1.165, 1.54) is 7.11 Å². The molecule has 7 nitrogen and oxygen atoms in total. The molecule has 0 spiro atoms. The maximum atomic E-state index is 11.8. The molecule has 0 aromatic heterocycles. The fourth-order valence-corrected chi connectivity index (χ4v) is 3.20. The Morgan fingerprint density at radius 2 is 1.97 bits per heavy atom. The smallest absolute Gasteiger partial charge is 0.343 e. The number of hydrogen-bond donors (Lipinski definition) is 0. The Balaban J connectivity index is 1.75. The predicted molar refractivity (Wildman–Crippen MR) is 110 cm³/mol. The highest BCUT2D eigenvalue weighted by Gasteiger charge is 2.27. The first kappa shape index (κ1) is 20.9. The van der Waals surface area contributed by atoms with E-state index in [4.69, 9.17) is 9.47 Å². The summed E-state index contributed by atoms with van der Waals surface area (Å²) in [5, 5.41) is 9.62. The monoisotopic (exact) mass is 406 g/mol. The Morgan fingerprint density at radius 1 is 1.20 bits per heavy atom. The highest BCUT2D eigenvalue weighted by molar-refractivity contribution is 5.89.